The van der Waals surface area contributed by atoms with Gasteiger partial charge in [0.15, 0.2) is 17.7 Å². The van der Waals surface area contributed by atoms with Gasteiger partial charge in [-0.3, -0.25) is 4.79 Å². The predicted molar refractivity (Wildman–Crippen MR) is 107 cm³/mol. The van der Waals surface area contributed by atoms with E-state index < -0.39 is 11.9 Å². The van der Waals surface area contributed by atoms with Gasteiger partial charge < -0.3 is 14.8 Å². The van der Waals surface area contributed by atoms with Crippen molar-refractivity contribution in [3.05, 3.63) is 90.2 Å². The summed E-state index contributed by atoms with van der Waals surface area (Å²) in [5.74, 6) is -0.0527. The van der Waals surface area contributed by atoms with Crippen LogP contribution in [0.5, 0.6) is 11.5 Å². The first kappa shape index (κ1) is 19.4. The average molecular weight is 379 g/mol. The van der Waals surface area contributed by atoms with E-state index in [2.05, 4.69) is 5.32 Å². The van der Waals surface area contributed by atoms with Crippen molar-refractivity contribution in [1.29, 1.82) is 0 Å². The van der Waals surface area contributed by atoms with Crippen molar-refractivity contribution in [3.8, 4) is 11.5 Å². The lowest BCUT2D eigenvalue weighted by atomic mass is 10.2. The Balaban J connectivity index is 1.56. The molecule has 0 saturated heterocycles. The highest BCUT2D eigenvalue weighted by Crippen LogP contribution is 2.20. The summed E-state index contributed by atoms with van der Waals surface area (Å²) in [7, 11) is 0. The van der Waals surface area contributed by atoms with Crippen LogP contribution in [0.2, 0.25) is 0 Å². The van der Waals surface area contributed by atoms with Crippen LogP contribution < -0.4 is 14.8 Å². The van der Waals surface area contributed by atoms with Gasteiger partial charge in [0.05, 0.1) is 0 Å². The van der Waals surface area contributed by atoms with E-state index in [9.17, 15) is 9.18 Å². The minimum Gasteiger partial charge on any atom is -0.489 e. The number of hydrogen-bond acceptors (Lipinski definition) is 3. The molecule has 0 aromatic heterocycles. The topological polar surface area (TPSA) is 47.6 Å². The third-order valence-electron chi connectivity index (χ3n) is 4.14. The molecule has 144 valence electrons. The highest BCUT2D eigenvalue weighted by molar-refractivity contribution is 5.94. The Kier molecular flexibility index (Phi) is 6.63. The smallest absolute Gasteiger partial charge is 0.265 e. The third-order valence-corrected chi connectivity index (χ3v) is 4.14. The van der Waals surface area contributed by atoms with Crippen molar-refractivity contribution in [1.82, 2.24) is 0 Å². The third kappa shape index (κ3) is 5.33. The molecule has 0 heterocycles. The Morgan fingerprint density at radius 2 is 1.64 bits per heavy atom. The zero-order chi connectivity index (χ0) is 19.8. The van der Waals surface area contributed by atoms with Gasteiger partial charge in [-0.15, -0.1) is 0 Å². The lowest BCUT2D eigenvalue weighted by Crippen LogP contribution is -2.32. The van der Waals surface area contributed by atoms with Crippen LogP contribution in [0.4, 0.5) is 10.1 Å². The number of para-hydroxylation sites is 1. The van der Waals surface area contributed by atoms with Gasteiger partial charge in [0.1, 0.15) is 12.4 Å². The Labute approximate surface area is 163 Å². The fourth-order valence-electron chi connectivity index (χ4n) is 2.61. The molecule has 0 saturated carbocycles. The zero-order valence-electron chi connectivity index (χ0n) is 15.6. The summed E-state index contributed by atoms with van der Waals surface area (Å²) in [6.07, 6.45) is -0.371. The van der Waals surface area contributed by atoms with Gasteiger partial charge in [-0.1, -0.05) is 49.4 Å². The summed E-state index contributed by atoms with van der Waals surface area (Å²) < 4.78 is 25.0. The van der Waals surface area contributed by atoms with Crippen molar-refractivity contribution in [3.63, 3.8) is 0 Å². The van der Waals surface area contributed by atoms with Gasteiger partial charge >= 0.3 is 0 Å². The molecule has 3 rings (SSSR count). The van der Waals surface area contributed by atoms with Crippen LogP contribution in [0.1, 0.15) is 18.9 Å². The molecule has 0 spiro atoms. The van der Waals surface area contributed by atoms with Crippen molar-refractivity contribution >= 4 is 11.6 Å². The number of anilines is 1. The number of amides is 1. The van der Waals surface area contributed by atoms with Gasteiger partial charge in [-0.05, 0) is 48.4 Å². The maximum Gasteiger partial charge on any atom is 0.265 e. The van der Waals surface area contributed by atoms with Crippen LogP contribution in [0.25, 0.3) is 0 Å². The van der Waals surface area contributed by atoms with E-state index in [4.69, 9.17) is 9.47 Å². The number of halogens is 1. The average Bonchev–Trinajstić information content (AvgIpc) is 2.73. The van der Waals surface area contributed by atoms with Gasteiger partial charge in [-0.2, -0.15) is 0 Å². The molecule has 1 N–H and O–H groups in total. The standard InChI is InChI=1S/C23H22FNO3/c1-2-21(28-22-11-7-6-10-20(22)24)23(26)25-18-12-14-19(15-13-18)27-16-17-8-4-3-5-9-17/h3-15,21H,2,16H2,1H3,(H,25,26)/t21-/m0/s1. The van der Waals surface area contributed by atoms with Gasteiger partial charge in [0, 0.05) is 5.69 Å². The van der Waals surface area contributed by atoms with Crippen LogP contribution in [0, 0.1) is 5.82 Å². The number of carbonyl (C=O) groups excluding carboxylic acids is 1. The molecule has 3 aromatic carbocycles. The van der Waals surface area contributed by atoms with Crippen molar-refractivity contribution < 1.29 is 18.7 Å². The Morgan fingerprint density at radius 1 is 0.964 bits per heavy atom. The molecule has 0 bridgehead atoms. The van der Waals surface area contributed by atoms with Crippen molar-refractivity contribution in [2.45, 2.75) is 26.1 Å². The lowest BCUT2D eigenvalue weighted by Gasteiger charge is -2.17. The monoisotopic (exact) mass is 379 g/mol. The van der Waals surface area contributed by atoms with Crippen LogP contribution in [0.15, 0.2) is 78.9 Å². The maximum absolute atomic E-state index is 13.7. The number of ether oxygens (including phenoxy) is 2. The summed E-state index contributed by atoms with van der Waals surface area (Å²) in [6.45, 7) is 2.28. The van der Waals surface area contributed by atoms with Gasteiger partial charge in [0.2, 0.25) is 0 Å². The predicted octanol–water partition coefficient (Wildman–Crippen LogP) is 5.20. The Hall–Kier alpha value is -3.34. The zero-order valence-corrected chi connectivity index (χ0v) is 15.6. The summed E-state index contributed by atoms with van der Waals surface area (Å²) in [5, 5.41) is 2.79. The molecule has 4 nitrogen and oxygen atoms in total. The van der Waals surface area contributed by atoms with Gasteiger partial charge in [-0.25, -0.2) is 4.39 Å². The van der Waals surface area contributed by atoms with Crippen LogP contribution in [0.3, 0.4) is 0 Å². The molecule has 0 radical (unpaired) electrons. The molecule has 0 aliphatic rings. The normalized spacial score (nSPS) is 11.5. The number of carbonyl (C=O) groups is 1. The SMILES string of the molecule is CC[C@H](Oc1ccccc1F)C(=O)Nc1ccc(OCc2ccccc2)cc1. The molecule has 0 fully saturated rings. The second-order valence-corrected chi connectivity index (χ2v) is 6.23. The van der Waals surface area contributed by atoms with Crippen molar-refractivity contribution in [2.24, 2.45) is 0 Å². The van der Waals surface area contributed by atoms with Crippen LogP contribution >= 0.6 is 0 Å². The molecule has 5 heteroatoms. The first-order valence-electron chi connectivity index (χ1n) is 9.14. The van der Waals surface area contributed by atoms with E-state index in [1.165, 1.54) is 12.1 Å². The van der Waals surface area contributed by atoms with Crippen LogP contribution in [-0.4, -0.2) is 12.0 Å². The fourth-order valence-corrected chi connectivity index (χ4v) is 2.61. The van der Waals surface area contributed by atoms with E-state index in [0.29, 0.717) is 24.5 Å². The van der Waals surface area contributed by atoms with E-state index in [1.54, 1.807) is 36.4 Å². The molecule has 3 aromatic rings. The molecular formula is C23H22FNO3. The van der Waals surface area contributed by atoms with E-state index in [1.807, 2.05) is 37.3 Å². The molecule has 0 aliphatic heterocycles. The summed E-state index contributed by atoms with van der Waals surface area (Å²) in [4.78, 5) is 12.5. The summed E-state index contributed by atoms with van der Waals surface area (Å²) >= 11 is 0. The minimum absolute atomic E-state index is 0.0640. The minimum atomic E-state index is -0.786. The lowest BCUT2D eigenvalue weighted by molar-refractivity contribution is -0.122. The van der Waals surface area contributed by atoms with Gasteiger partial charge in [0.25, 0.3) is 5.91 Å². The maximum atomic E-state index is 13.7. The highest BCUT2D eigenvalue weighted by atomic mass is 19.1. The summed E-state index contributed by atoms with van der Waals surface area (Å²) in [6, 6.07) is 23.0. The molecule has 0 unspecified atom stereocenters. The second kappa shape index (κ2) is 9.55. The molecule has 1 amide bonds. The van der Waals surface area contributed by atoms with E-state index >= 15 is 0 Å². The number of hydrogen-bond donors (Lipinski definition) is 1. The number of rotatable bonds is 8. The van der Waals surface area contributed by atoms with E-state index in [-0.39, 0.29) is 11.7 Å². The highest BCUT2D eigenvalue weighted by Gasteiger charge is 2.20. The number of nitrogens with one attached hydrogen (secondary N) is 1. The van der Waals surface area contributed by atoms with Crippen LogP contribution in [-0.2, 0) is 11.4 Å². The Morgan fingerprint density at radius 3 is 2.32 bits per heavy atom. The largest absolute Gasteiger partial charge is 0.489 e. The molecular weight excluding hydrogens is 357 g/mol. The second-order valence-electron chi connectivity index (χ2n) is 6.23. The molecule has 28 heavy (non-hydrogen) atoms. The quantitative estimate of drug-likeness (QED) is 0.585. The van der Waals surface area contributed by atoms with E-state index in [0.717, 1.165) is 5.56 Å². The molecule has 0 aliphatic carbocycles. The fraction of sp³-hybridized carbons (Fsp3) is 0.174. The number of benzene rings is 3. The summed E-state index contributed by atoms with van der Waals surface area (Å²) in [5.41, 5.74) is 1.70. The first-order valence-corrected chi connectivity index (χ1v) is 9.14. The Bertz CT molecular complexity index is 897. The van der Waals surface area contributed by atoms with Crippen molar-refractivity contribution in [2.75, 3.05) is 5.32 Å². The molecule has 1 atom stereocenters. The first-order chi connectivity index (χ1) is 13.7.